The second-order valence-electron chi connectivity index (χ2n) is 5.06. The zero-order valence-corrected chi connectivity index (χ0v) is 10.3. The molecule has 3 N–H and O–H groups in total. The average molecular weight is 254 g/mol. The van der Waals surface area contributed by atoms with E-state index >= 15 is 0 Å². The number of anilines is 2. The van der Waals surface area contributed by atoms with Crippen LogP contribution in [0.1, 0.15) is 12.8 Å². The van der Waals surface area contributed by atoms with E-state index in [-0.39, 0.29) is 6.10 Å². The predicted octanol–water partition coefficient (Wildman–Crippen LogP) is 1.52. The molecule has 5 heteroatoms. The number of hydrogen-bond acceptors (Lipinski definition) is 4. The monoisotopic (exact) mass is 253 g/mol. The molecule has 3 rings (SSSR count). The van der Waals surface area contributed by atoms with Crippen LogP contribution < -0.4 is 10.6 Å². The Morgan fingerprint density at radius 2 is 2.18 bits per heavy atom. The Morgan fingerprint density at radius 3 is 2.88 bits per heavy atom. The number of aliphatic hydroxyl groups excluding tert-OH is 1. The van der Waals surface area contributed by atoms with Crippen molar-refractivity contribution in [1.82, 2.24) is 4.98 Å². The summed E-state index contributed by atoms with van der Waals surface area (Å²) in [6.45, 7) is 1.81. The topological polar surface area (TPSA) is 62.4 Å². The molecule has 17 heavy (non-hydrogen) atoms. The van der Waals surface area contributed by atoms with Crippen LogP contribution in [-0.4, -0.2) is 29.3 Å². The van der Waals surface area contributed by atoms with Gasteiger partial charge in [0.2, 0.25) is 0 Å². The van der Waals surface area contributed by atoms with Crippen molar-refractivity contribution in [2.75, 3.05) is 23.7 Å². The highest BCUT2D eigenvalue weighted by molar-refractivity contribution is 6.29. The van der Waals surface area contributed by atoms with E-state index in [0.717, 1.165) is 31.7 Å². The predicted molar refractivity (Wildman–Crippen MR) is 68.1 cm³/mol. The molecule has 1 aliphatic heterocycles. The molecule has 0 radical (unpaired) electrons. The van der Waals surface area contributed by atoms with Gasteiger partial charge < -0.3 is 15.7 Å². The first-order valence-corrected chi connectivity index (χ1v) is 6.37. The van der Waals surface area contributed by atoms with Gasteiger partial charge in [0.15, 0.2) is 0 Å². The fourth-order valence-electron chi connectivity index (χ4n) is 3.09. The second kappa shape index (κ2) is 4.03. The van der Waals surface area contributed by atoms with E-state index in [9.17, 15) is 5.11 Å². The summed E-state index contributed by atoms with van der Waals surface area (Å²) in [5, 5.41) is 10.3. The van der Waals surface area contributed by atoms with E-state index in [0.29, 0.717) is 22.7 Å². The van der Waals surface area contributed by atoms with Gasteiger partial charge in [-0.3, -0.25) is 0 Å². The number of pyridine rings is 1. The van der Waals surface area contributed by atoms with Gasteiger partial charge in [0, 0.05) is 30.8 Å². The molecular formula is C12H16ClN3O. The molecule has 1 saturated carbocycles. The Balaban J connectivity index is 1.82. The third-order valence-electron chi connectivity index (χ3n) is 3.95. The van der Waals surface area contributed by atoms with Crippen molar-refractivity contribution in [1.29, 1.82) is 0 Å². The SMILES string of the molecule is Nc1cc(Cl)nc(N2CC3CCC(O)C3C2)c1. The van der Waals surface area contributed by atoms with Gasteiger partial charge in [0.05, 0.1) is 6.10 Å². The summed E-state index contributed by atoms with van der Waals surface area (Å²) >= 11 is 5.91. The van der Waals surface area contributed by atoms with Crippen LogP contribution in [0.5, 0.6) is 0 Å². The summed E-state index contributed by atoms with van der Waals surface area (Å²) in [4.78, 5) is 6.48. The van der Waals surface area contributed by atoms with Gasteiger partial charge in [0.25, 0.3) is 0 Å². The minimum absolute atomic E-state index is 0.151. The molecule has 0 amide bonds. The van der Waals surface area contributed by atoms with Crippen molar-refractivity contribution in [3.8, 4) is 0 Å². The zero-order chi connectivity index (χ0) is 12.0. The van der Waals surface area contributed by atoms with Gasteiger partial charge in [-0.15, -0.1) is 0 Å². The van der Waals surface area contributed by atoms with Crippen molar-refractivity contribution >= 4 is 23.1 Å². The third-order valence-corrected chi connectivity index (χ3v) is 4.14. The number of fused-ring (bicyclic) bond motifs is 1. The van der Waals surface area contributed by atoms with Crippen LogP contribution in [0.25, 0.3) is 0 Å². The fraction of sp³-hybridized carbons (Fsp3) is 0.583. The lowest BCUT2D eigenvalue weighted by molar-refractivity contribution is 0.133. The van der Waals surface area contributed by atoms with Crippen molar-refractivity contribution in [2.45, 2.75) is 18.9 Å². The molecule has 1 aromatic rings. The van der Waals surface area contributed by atoms with Crippen LogP contribution in [0.4, 0.5) is 11.5 Å². The highest BCUT2D eigenvalue weighted by Gasteiger charge is 2.42. The first-order valence-electron chi connectivity index (χ1n) is 5.99. The Morgan fingerprint density at radius 1 is 1.35 bits per heavy atom. The van der Waals surface area contributed by atoms with Gasteiger partial charge in [-0.2, -0.15) is 0 Å². The number of nitrogens with two attached hydrogens (primary N) is 1. The van der Waals surface area contributed by atoms with Crippen LogP contribution in [0.3, 0.4) is 0 Å². The van der Waals surface area contributed by atoms with Crippen LogP contribution in [-0.2, 0) is 0 Å². The Bertz CT molecular complexity index is 420. The van der Waals surface area contributed by atoms with Crippen molar-refractivity contribution in [3.05, 3.63) is 17.3 Å². The van der Waals surface area contributed by atoms with E-state index in [1.807, 2.05) is 6.07 Å². The normalized spacial score (nSPS) is 31.9. The lowest BCUT2D eigenvalue weighted by Crippen LogP contribution is -2.25. The van der Waals surface area contributed by atoms with E-state index in [1.54, 1.807) is 6.07 Å². The zero-order valence-electron chi connectivity index (χ0n) is 9.51. The number of nitrogen functional groups attached to an aromatic ring is 1. The molecule has 3 unspecified atom stereocenters. The highest BCUT2D eigenvalue weighted by Crippen LogP contribution is 2.39. The molecule has 2 aliphatic rings. The Hall–Kier alpha value is -1.00. The lowest BCUT2D eigenvalue weighted by Gasteiger charge is -2.19. The number of hydrogen-bond donors (Lipinski definition) is 2. The molecule has 0 spiro atoms. The number of aromatic nitrogens is 1. The average Bonchev–Trinajstić information content (AvgIpc) is 2.80. The van der Waals surface area contributed by atoms with Gasteiger partial charge in [-0.05, 0) is 24.8 Å². The maximum atomic E-state index is 9.88. The van der Waals surface area contributed by atoms with Crippen molar-refractivity contribution in [2.24, 2.45) is 11.8 Å². The molecule has 0 aromatic carbocycles. The van der Waals surface area contributed by atoms with Crippen LogP contribution in [0.2, 0.25) is 5.15 Å². The fourth-order valence-corrected chi connectivity index (χ4v) is 3.30. The van der Waals surface area contributed by atoms with Gasteiger partial charge in [-0.1, -0.05) is 11.6 Å². The Kier molecular flexibility index (Phi) is 2.64. The summed E-state index contributed by atoms with van der Waals surface area (Å²) in [7, 11) is 0. The lowest BCUT2D eigenvalue weighted by atomic mass is 10.00. The molecule has 1 saturated heterocycles. The summed E-state index contributed by atoms with van der Waals surface area (Å²) in [6, 6.07) is 3.50. The molecule has 1 aromatic heterocycles. The van der Waals surface area contributed by atoms with E-state index in [1.165, 1.54) is 0 Å². The molecular weight excluding hydrogens is 238 g/mol. The summed E-state index contributed by atoms with van der Waals surface area (Å²) < 4.78 is 0. The summed E-state index contributed by atoms with van der Waals surface area (Å²) in [6.07, 6.45) is 1.90. The molecule has 3 atom stereocenters. The smallest absolute Gasteiger partial charge is 0.133 e. The molecule has 4 nitrogen and oxygen atoms in total. The number of rotatable bonds is 1. The summed E-state index contributed by atoms with van der Waals surface area (Å²) in [5.74, 6) is 1.81. The molecule has 0 bridgehead atoms. The largest absolute Gasteiger partial charge is 0.399 e. The first kappa shape index (κ1) is 11.1. The Labute approximate surface area is 105 Å². The van der Waals surface area contributed by atoms with Crippen LogP contribution >= 0.6 is 11.6 Å². The van der Waals surface area contributed by atoms with Crippen molar-refractivity contribution in [3.63, 3.8) is 0 Å². The second-order valence-corrected chi connectivity index (χ2v) is 5.44. The van der Waals surface area contributed by atoms with Gasteiger partial charge in [-0.25, -0.2) is 4.98 Å². The maximum absolute atomic E-state index is 9.88. The number of aliphatic hydroxyl groups is 1. The molecule has 2 heterocycles. The third kappa shape index (κ3) is 1.96. The van der Waals surface area contributed by atoms with E-state index in [2.05, 4.69) is 9.88 Å². The van der Waals surface area contributed by atoms with Crippen LogP contribution in [0, 0.1) is 11.8 Å². The van der Waals surface area contributed by atoms with Crippen molar-refractivity contribution < 1.29 is 5.11 Å². The maximum Gasteiger partial charge on any atom is 0.133 e. The standard InChI is InChI=1S/C12H16ClN3O/c13-11-3-8(14)4-12(15-11)16-5-7-1-2-10(17)9(7)6-16/h3-4,7,9-10,17H,1-2,5-6H2,(H2,14,15). The van der Waals surface area contributed by atoms with Gasteiger partial charge in [0.1, 0.15) is 11.0 Å². The molecule has 2 fully saturated rings. The quantitative estimate of drug-likeness (QED) is 0.745. The molecule has 92 valence electrons. The van der Waals surface area contributed by atoms with E-state index < -0.39 is 0 Å². The number of halogens is 1. The van der Waals surface area contributed by atoms with Crippen LogP contribution in [0.15, 0.2) is 12.1 Å². The number of nitrogens with zero attached hydrogens (tertiary/aromatic N) is 2. The van der Waals surface area contributed by atoms with Gasteiger partial charge >= 0.3 is 0 Å². The highest BCUT2D eigenvalue weighted by atomic mass is 35.5. The molecule has 1 aliphatic carbocycles. The van der Waals surface area contributed by atoms with E-state index in [4.69, 9.17) is 17.3 Å². The summed E-state index contributed by atoms with van der Waals surface area (Å²) in [5.41, 5.74) is 6.41. The minimum Gasteiger partial charge on any atom is -0.399 e. The first-order chi connectivity index (χ1) is 8.13. The minimum atomic E-state index is -0.151.